The SMILES string of the molecule is CCCCn1c(SCC(=O)Nc2cccc(NC(C)=O)c2)n[nH]c1=O. The van der Waals surface area contributed by atoms with Crippen LogP contribution in [0.25, 0.3) is 0 Å². The zero-order valence-electron chi connectivity index (χ0n) is 14.2. The van der Waals surface area contributed by atoms with E-state index >= 15 is 0 Å². The van der Waals surface area contributed by atoms with E-state index in [4.69, 9.17) is 0 Å². The molecule has 9 heteroatoms. The second-order valence-electron chi connectivity index (χ2n) is 5.42. The van der Waals surface area contributed by atoms with Crippen LogP contribution in [0.3, 0.4) is 0 Å². The summed E-state index contributed by atoms with van der Waals surface area (Å²) in [5, 5.41) is 12.3. The molecule has 0 spiro atoms. The highest BCUT2D eigenvalue weighted by atomic mass is 32.2. The Labute approximate surface area is 149 Å². The highest BCUT2D eigenvalue weighted by molar-refractivity contribution is 7.99. The molecule has 1 heterocycles. The maximum atomic E-state index is 12.1. The molecule has 3 N–H and O–H groups in total. The second kappa shape index (κ2) is 9.07. The van der Waals surface area contributed by atoms with Crippen molar-refractivity contribution in [2.45, 2.75) is 38.4 Å². The molecule has 0 unspecified atom stereocenters. The fraction of sp³-hybridized carbons (Fsp3) is 0.375. The molecule has 0 aliphatic carbocycles. The van der Waals surface area contributed by atoms with E-state index in [1.807, 2.05) is 6.92 Å². The minimum atomic E-state index is -0.264. The molecule has 134 valence electrons. The number of aromatic amines is 1. The van der Waals surface area contributed by atoms with Gasteiger partial charge in [0.2, 0.25) is 11.8 Å². The summed E-state index contributed by atoms with van der Waals surface area (Å²) in [5.41, 5.74) is 0.931. The van der Waals surface area contributed by atoms with Crippen LogP contribution in [0.2, 0.25) is 0 Å². The number of carbonyl (C=O) groups excluding carboxylic acids is 2. The maximum absolute atomic E-state index is 12.1. The van der Waals surface area contributed by atoms with Crippen molar-refractivity contribution in [3.05, 3.63) is 34.7 Å². The summed E-state index contributed by atoms with van der Waals surface area (Å²) in [6.45, 7) is 4.04. The predicted octanol–water partition coefficient (Wildman–Crippen LogP) is 2.06. The van der Waals surface area contributed by atoms with Crippen LogP contribution in [0, 0.1) is 0 Å². The molecule has 0 atom stereocenters. The van der Waals surface area contributed by atoms with E-state index in [0.717, 1.165) is 12.8 Å². The summed E-state index contributed by atoms with van der Waals surface area (Å²) < 4.78 is 1.54. The average Bonchev–Trinajstić information content (AvgIpc) is 2.90. The standard InChI is InChI=1S/C16H21N5O3S/c1-3-4-8-21-15(24)19-20-16(21)25-10-14(23)18-13-7-5-6-12(9-13)17-11(2)22/h5-7,9H,3-4,8,10H2,1-2H3,(H,17,22)(H,18,23)(H,19,24). The number of aromatic nitrogens is 3. The van der Waals surface area contributed by atoms with Crippen molar-refractivity contribution in [1.29, 1.82) is 0 Å². The molecule has 0 fully saturated rings. The molecule has 0 bridgehead atoms. The van der Waals surface area contributed by atoms with E-state index in [9.17, 15) is 14.4 Å². The molecule has 8 nitrogen and oxygen atoms in total. The van der Waals surface area contributed by atoms with Crippen LogP contribution in [0.4, 0.5) is 11.4 Å². The lowest BCUT2D eigenvalue weighted by Gasteiger charge is -2.08. The molecule has 2 aromatic rings. The Bertz CT molecular complexity index is 799. The minimum absolute atomic E-state index is 0.126. The van der Waals surface area contributed by atoms with Gasteiger partial charge < -0.3 is 10.6 Å². The molecule has 0 radical (unpaired) electrons. The number of nitrogens with zero attached hydrogens (tertiary/aromatic N) is 2. The van der Waals surface area contributed by atoms with Gasteiger partial charge in [-0.05, 0) is 24.6 Å². The largest absolute Gasteiger partial charge is 0.343 e. The molecule has 25 heavy (non-hydrogen) atoms. The number of anilines is 2. The van der Waals surface area contributed by atoms with Gasteiger partial charge in [0, 0.05) is 24.8 Å². The zero-order chi connectivity index (χ0) is 18.2. The molecule has 0 saturated carbocycles. The van der Waals surface area contributed by atoms with E-state index < -0.39 is 0 Å². The zero-order valence-corrected chi connectivity index (χ0v) is 15.0. The van der Waals surface area contributed by atoms with Gasteiger partial charge in [-0.1, -0.05) is 31.2 Å². The van der Waals surface area contributed by atoms with E-state index in [1.165, 1.54) is 18.7 Å². The predicted molar refractivity (Wildman–Crippen MR) is 97.9 cm³/mol. The number of hydrogen-bond donors (Lipinski definition) is 3. The van der Waals surface area contributed by atoms with Crippen LogP contribution >= 0.6 is 11.8 Å². The molecular formula is C16H21N5O3S. The van der Waals surface area contributed by atoms with Gasteiger partial charge in [-0.2, -0.15) is 0 Å². The van der Waals surface area contributed by atoms with Gasteiger partial charge in [-0.15, -0.1) is 5.10 Å². The lowest BCUT2D eigenvalue weighted by molar-refractivity contribution is -0.114. The van der Waals surface area contributed by atoms with Crippen molar-refractivity contribution in [3.63, 3.8) is 0 Å². The van der Waals surface area contributed by atoms with Crippen molar-refractivity contribution in [1.82, 2.24) is 14.8 Å². The van der Waals surface area contributed by atoms with Gasteiger partial charge in [0.25, 0.3) is 0 Å². The van der Waals surface area contributed by atoms with Crippen molar-refractivity contribution >= 4 is 35.0 Å². The molecule has 0 saturated heterocycles. The van der Waals surface area contributed by atoms with Gasteiger partial charge in [-0.3, -0.25) is 14.2 Å². The molecule has 1 aromatic carbocycles. The lowest BCUT2D eigenvalue weighted by Crippen LogP contribution is -2.19. The molecule has 2 amide bonds. The van der Waals surface area contributed by atoms with E-state index in [1.54, 1.807) is 28.8 Å². The number of amides is 2. The summed E-state index contributed by atoms with van der Waals surface area (Å²) in [6, 6.07) is 6.89. The maximum Gasteiger partial charge on any atom is 0.343 e. The number of carbonyl (C=O) groups is 2. The summed E-state index contributed by atoms with van der Waals surface area (Å²) in [6.07, 6.45) is 1.84. The summed E-state index contributed by atoms with van der Waals surface area (Å²) in [7, 11) is 0. The van der Waals surface area contributed by atoms with Crippen LogP contribution in [0.1, 0.15) is 26.7 Å². The van der Waals surface area contributed by atoms with Crippen LogP contribution < -0.4 is 16.3 Å². The van der Waals surface area contributed by atoms with Crippen molar-refractivity contribution in [3.8, 4) is 0 Å². The first kappa shape index (κ1) is 18.8. The van der Waals surface area contributed by atoms with Crippen LogP contribution in [0.15, 0.2) is 34.2 Å². The third-order valence-corrected chi connectivity index (χ3v) is 4.23. The normalized spacial score (nSPS) is 10.5. The monoisotopic (exact) mass is 363 g/mol. The number of thioether (sulfide) groups is 1. The molecule has 0 aliphatic rings. The first-order chi connectivity index (χ1) is 12.0. The van der Waals surface area contributed by atoms with Crippen molar-refractivity contribution < 1.29 is 9.59 Å². The topological polar surface area (TPSA) is 109 Å². The Kier molecular flexibility index (Phi) is 6.81. The number of benzene rings is 1. The molecule has 0 aliphatic heterocycles. The highest BCUT2D eigenvalue weighted by Gasteiger charge is 2.11. The third kappa shape index (κ3) is 5.79. The fourth-order valence-electron chi connectivity index (χ4n) is 2.13. The summed E-state index contributed by atoms with van der Waals surface area (Å²) in [5.74, 6) is -0.272. The van der Waals surface area contributed by atoms with Gasteiger partial charge in [0.15, 0.2) is 5.16 Å². The minimum Gasteiger partial charge on any atom is -0.326 e. The average molecular weight is 363 g/mol. The first-order valence-electron chi connectivity index (χ1n) is 7.95. The smallest absolute Gasteiger partial charge is 0.326 e. The first-order valence-corrected chi connectivity index (χ1v) is 8.93. The quantitative estimate of drug-likeness (QED) is 0.622. The molecule has 2 rings (SSSR count). The second-order valence-corrected chi connectivity index (χ2v) is 6.36. The Hall–Kier alpha value is -2.55. The van der Waals surface area contributed by atoms with Crippen LogP contribution in [-0.2, 0) is 16.1 Å². The number of hydrogen-bond acceptors (Lipinski definition) is 5. The fourth-order valence-corrected chi connectivity index (χ4v) is 2.90. The van der Waals surface area contributed by atoms with Gasteiger partial charge >= 0.3 is 5.69 Å². The summed E-state index contributed by atoms with van der Waals surface area (Å²) in [4.78, 5) is 34.9. The van der Waals surface area contributed by atoms with Crippen LogP contribution in [0.5, 0.6) is 0 Å². The molecule has 1 aromatic heterocycles. The third-order valence-electron chi connectivity index (χ3n) is 3.26. The van der Waals surface area contributed by atoms with E-state index in [2.05, 4.69) is 20.8 Å². The number of nitrogens with one attached hydrogen (secondary N) is 3. The number of unbranched alkanes of at least 4 members (excludes halogenated alkanes) is 1. The Balaban J connectivity index is 1.93. The van der Waals surface area contributed by atoms with Gasteiger partial charge in [0.1, 0.15) is 0 Å². The number of rotatable bonds is 8. The van der Waals surface area contributed by atoms with E-state index in [-0.39, 0.29) is 23.3 Å². The van der Waals surface area contributed by atoms with Gasteiger partial charge in [-0.25, -0.2) is 9.89 Å². The number of H-pyrrole nitrogens is 1. The van der Waals surface area contributed by atoms with E-state index in [0.29, 0.717) is 23.1 Å². The van der Waals surface area contributed by atoms with Gasteiger partial charge in [0.05, 0.1) is 5.75 Å². The summed E-state index contributed by atoms with van der Waals surface area (Å²) >= 11 is 1.20. The van der Waals surface area contributed by atoms with Crippen molar-refractivity contribution in [2.75, 3.05) is 16.4 Å². The Morgan fingerprint density at radius 3 is 2.68 bits per heavy atom. The lowest BCUT2D eigenvalue weighted by atomic mass is 10.2. The van der Waals surface area contributed by atoms with Crippen molar-refractivity contribution in [2.24, 2.45) is 0 Å². The van der Waals surface area contributed by atoms with Crippen LogP contribution in [-0.4, -0.2) is 32.3 Å². The Morgan fingerprint density at radius 1 is 1.28 bits per heavy atom. The molecular weight excluding hydrogens is 342 g/mol. The highest BCUT2D eigenvalue weighted by Crippen LogP contribution is 2.17. The Morgan fingerprint density at radius 2 is 2.00 bits per heavy atom.